The van der Waals surface area contributed by atoms with Gasteiger partial charge in [-0.05, 0) is 75.3 Å². The Hall–Kier alpha value is -2.19. The van der Waals surface area contributed by atoms with Gasteiger partial charge in [-0.25, -0.2) is 19.9 Å². The predicted octanol–water partition coefficient (Wildman–Crippen LogP) is 12.9. The van der Waals surface area contributed by atoms with Gasteiger partial charge in [0.25, 0.3) is 0 Å². The summed E-state index contributed by atoms with van der Waals surface area (Å²) < 4.78 is 2.49. The van der Waals surface area contributed by atoms with Crippen LogP contribution in [0.3, 0.4) is 0 Å². The Morgan fingerprint density at radius 3 is 1.04 bits per heavy atom. The number of aromatic nitrogens is 4. The Kier molecular flexibility index (Phi) is 38.0. The molecular weight excluding hydrogens is 626 g/mol. The highest BCUT2D eigenvalue weighted by molar-refractivity contribution is 7.18. The van der Waals surface area contributed by atoms with Crippen LogP contribution in [0.25, 0.3) is 20.4 Å². The van der Waals surface area contributed by atoms with E-state index in [2.05, 4.69) is 52.6 Å². The Labute approximate surface area is 308 Å². The van der Waals surface area contributed by atoms with Crippen molar-refractivity contribution >= 4 is 69.3 Å². The molecule has 10 heteroatoms. The average Bonchev–Trinajstić information content (AvgIpc) is 3.79. The second-order valence-corrected chi connectivity index (χ2v) is 11.5. The third-order valence-electron chi connectivity index (χ3n) is 6.11. The molecule has 274 valence electrons. The van der Waals surface area contributed by atoms with Crippen molar-refractivity contribution in [3.05, 3.63) is 34.5 Å². The molecule has 0 N–H and O–H groups in total. The van der Waals surface area contributed by atoms with E-state index >= 15 is 0 Å². The molecule has 6 rings (SSSR count). The summed E-state index contributed by atoms with van der Waals surface area (Å²) in [7, 11) is 4.00. The zero-order chi connectivity index (χ0) is 35.3. The van der Waals surface area contributed by atoms with Crippen molar-refractivity contribution in [3.63, 3.8) is 0 Å². The van der Waals surface area contributed by atoms with Gasteiger partial charge >= 0.3 is 0 Å². The first kappa shape index (κ1) is 52.6. The van der Waals surface area contributed by atoms with Gasteiger partial charge in [-0.1, -0.05) is 97.5 Å². The Morgan fingerprint density at radius 1 is 0.500 bits per heavy atom. The minimum absolute atomic E-state index is 0. The smallest absolute Gasteiger partial charge is 0.150 e. The van der Waals surface area contributed by atoms with Crippen molar-refractivity contribution in [1.29, 1.82) is 0 Å². The van der Waals surface area contributed by atoms with Crippen molar-refractivity contribution < 1.29 is 0 Å². The minimum atomic E-state index is 0. The summed E-state index contributed by atoms with van der Waals surface area (Å²) in [5.41, 5.74) is 2.19. The number of rotatable bonds is 2. The zero-order valence-corrected chi connectivity index (χ0v) is 33.7. The molecule has 6 nitrogen and oxygen atoms in total. The molecule has 4 aromatic rings. The van der Waals surface area contributed by atoms with Crippen molar-refractivity contribution in [1.82, 2.24) is 19.9 Å². The van der Waals surface area contributed by atoms with E-state index in [-0.39, 0.29) is 14.9 Å². The SMILES string of the molecule is C.C.CC.CC.CC.CC.C[B]C.C[B]C.Cc1nc(N2CCCCC2)c2sccc2n1.Cc1nc(N2CCCCC2)c2sccc2n1. The summed E-state index contributed by atoms with van der Waals surface area (Å²) in [4.78, 5) is 23.0. The normalized spacial score (nSPS) is 12.4. The summed E-state index contributed by atoms with van der Waals surface area (Å²) in [5, 5.41) is 4.21. The Bertz CT molecular complexity index is 1140. The molecule has 6 heterocycles. The summed E-state index contributed by atoms with van der Waals surface area (Å²) in [5.74, 6) is 4.06. The maximum absolute atomic E-state index is 4.62. The number of aryl methyl sites for hydroxylation is 2. The molecule has 2 fully saturated rings. The largest absolute Gasteiger partial charge is 0.355 e. The molecule has 0 aliphatic carbocycles. The van der Waals surface area contributed by atoms with E-state index in [9.17, 15) is 0 Å². The summed E-state index contributed by atoms with van der Waals surface area (Å²) in [6.07, 6.45) is 7.86. The molecule has 2 radical (unpaired) electrons. The van der Waals surface area contributed by atoms with Crippen LogP contribution in [0, 0.1) is 13.8 Å². The molecule has 0 spiro atoms. The summed E-state index contributed by atoms with van der Waals surface area (Å²) in [6, 6.07) is 4.17. The van der Waals surface area contributed by atoms with Gasteiger partial charge < -0.3 is 9.80 Å². The van der Waals surface area contributed by atoms with Crippen LogP contribution in [0.15, 0.2) is 22.9 Å². The third kappa shape index (κ3) is 18.5. The van der Waals surface area contributed by atoms with Crippen LogP contribution in [-0.2, 0) is 0 Å². The predicted molar refractivity (Wildman–Crippen MR) is 230 cm³/mol. The number of hydrogen-bond donors (Lipinski definition) is 0. The van der Waals surface area contributed by atoms with Gasteiger partial charge in [-0.15, -0.1) is 22.7 Å². The third-order valence-corrected chi connectivity index (χ3v) is 7.91. The van der Waals surface area contributed by atoms with Crippen LogP contribution in [0.4, 0.5) is 11.6 Å². The first-order chi connectivity index (χ1) is 22.5. The van der Waals surface area contributed by atoms with Crippen LogP contribution in [0.2, 0.25) is 27.3 Å². The number of piperidine rings is 2. The lowest BCUT2D eigenvalue weighted by atomic mass is 9.88. The van der Waals surface area contributed by atoms with Gasteiger partial charge in [0.05, 0.1) is 20.4 Å². The molecule has 4 aromatic heterocycles. The molecule has 2 saturated heterocycles. The molecular formula is C38H74B2N6S2. The van der Waals surface area contributed by atoms with Crippen LogP contribution in [-0.4, -0.2) is 60.7 Å². The maximum atomic E-state index is 4.62. The summed E-state index contributed by atoms with van der Waals surface area (Å²) in [6.45, 7) is 32.5. The number of nitrogens with zero attached hydrogens (tertiary/aromatic N) is 6. The van der Waals surface area contributed by atoms with Gasteiger partial charge in [-0.3, -0.25) is 0 Å². The number of thiophene rings is 2. The summed E-state index contributed by atoms with van der Waals surface area (Å²) >= 11 is 3.50. The van der Waals surface area contributed by atoms with E-state index in [0.717, 1.165) is 60.5 Å². The fourth-order valence-corrected chi connectivity index (χ4v) is 6.26. The molecule has 0 saturated carbocycles. The highest BCUT2D eigenvalue weighted by atomic mass is 32.1. The van der Waals surface area contributed by atoms with Crippen molar-refractivity contribution in [3.8, 4) is 0 Å². The van der Waals surface area contributed by atoms with E-state index in [0.29, 0.717) is 0 Å². The second kappa shape index (κ2) is 34.7. The lowest BCUT2D eigenvalue weighted by molar-refractivity contribution is 0.574. The molecule has 0 amide bonds. The van der Waals surface area contributed by atoms with E-state index in [4.69, 9.17) is 0 Å². The fourth-order valence-electron chi connectivity index (χ4n) is 4.56. The number of anilines is 2. The molecule has 2 aliphatic heterocycles. The zero-order valence-electron chi connectivity index (χ0n) is 32.0. The van der Waals surface area contributed by atoms with Gasteiger partial charge in [0, 0.05) is 26.2 Å². The van der Waals surface area contributed by atoms with Crippen LogP contribution in [0.1, 0.15) is 120 Å². The Morgan fingerprint density at radius 2 is 0.771 bits per heavy atom. The van der Waals surface area contributed by atoms with E-state index < -0.39 is 0 Å². The molecule has 48 heavy (non-hydrogen) atoms. The van der Waals surface area contributed by atoms with Gasteiger partial charge in [0.15, 0.2) is 0 Å². The molecule has 0 unspecified atom stereocenters. The lowest BCUT2D eigenvalue weighted by Gasteiger charge is -2.28. The first-order valence-corrected chi connectivity index (χ1v) is 19.7. The topological polar surface area (TPSA) is 58.0 Å². The van der Waals surface area contributed by atoms with Gasteiger partial charge in [-0.2, -0.15) is 0 Å². The number of hydrogen-bond acceptors (Lipinski definition) is 8. The molecule has 2 aliphatic rings. The lowest BCUT2D eigenvalue weighted by Crippen LogP contribution is -2.30. The van der Waals surface area contributed by atoms with Crippen molar-refractivity contribution in [2.45, 2.75) is 150 Å². The van der Waals surface area contributed by atoms with Gasteiger partial charge in [0.1, 0.15) is 37.8 Å². The van der Waals surface area contributed by atoms with Crippen LogP contribution < -0.4 is 9.80 Å². The fraction of sp³-hybridized carbons (Fsp3) is 0.684. The van der Waals surface area contributed by atoms with Crippen molar-refractivity contribution in [2.75, 3.05) is 36.0 Å². The van der Waals surface area contributed by atoms with E-state index in [1.165, 1.54) is 47.9 Å². The molecule has 0 atom stereocenters. The van der Waals surface area contributed by atoms with Crippen LogP contribution >= 0.6 is 22.7 Å². The highest BCUT2D eigenvalue weighted by Gasteiger charge is 2.18. The maximum Gasteiger partial charge on any atom is 0.150 e. The molecule has 0 bridgehead atoms. The number of fused-ring (bicyclic) bond motifs is 2. The average molecular weight is 701 g/mol. The molecule has 0 aromatic carbocycles. The monoisotopic (exact) mass is 701 g/mol. The minimum Gasteiger partial charge on any atom is -0.355 e. The van der Waals surface area contributed by atoms with Crippen LogP contribution in [0.5, 0.6) is 0 Å². The van der Waals surface area contributed by atoms with E-state index in [1.54, 1.807) is 22.7 Å². The highest BCUT2D eigenvalue weighted by Crippen LogP contribution is 2.31. The van der Waals surface area contributed by atoms with E-state index in [1.807, 2.05) is 111 Å². The van der Waals surface area contributed by atoms with Crippen molar-refractivity contribution in [2.24, 2.45) is 0 Å². The second-order valence-electron chi connectivity index (χ2n) is 9.71. The quantitative estimate of drug-likeness (QED) is 0.194. The van der Waals surface area contributed by atoms with Gasteiger partial charge in [0.2, 0.25) is 0 Å². The Balaban J connectivity index is -0.000000286. The standard InChI is InChI=1S/2C12H15N3S.2C2H6B.4C2H6.2CH4/c2*1-9-13-10-5-8-16-11(10)12(14-9)15-6-3-2-4-7-15;2*1-3-2;4*1-2;;/h2*5,8H,2-4,6-7H2,1H3;2*1-2H3;4*1-2H3;2*1H4. The first-order valence-electron chi connectivity index (χ1n) is 17.9.